The van der Waals surface area contributed by atoms with Gasteiger partial charge in [-0.25, -0.2) is 4.99 Å². The van der Waals surface area contributed by atoms with Crippen LogP contribution in [0.2, 0.25) is 0 Å². The first kappa shape index (κ1) is 17.1. The van der Waals surface area contributed by atoms with Crippen LogP contribution in [0, 0.1) is 0 Å². The number of para-hydroxylation sites is 1. The van der Waals surface area contributed by atoms with E-state index in [1.807, 2.05) is 12.1 Å². The molecule has 3 N–H and O–H groups in total. The van der Waals surface area contributed by atoms with Gasteiger partial charge in [-0.1, -0.05) is 30.3 Å². The van der Waals surface area contributed by atoms with Gasteiger partial charge in [-0.05, 0) is 43.2 Å². The highest BCUT2D eigenvalue weighted by atomic mass is 16.3. The van der Waals surface area contributed by atoms with Gasteiger partial charge < -0.3 is 20.6 Å². The zero-order valence-corrected chi connectivity index (χ0v) is 14.7. The largest absolute Gasteiger partial charge is 0.508 e. The number of phenols is 1. The first-order valence-electron chi connectivity index (χ1n) is 8.87. The molecule has 2 aromatic rings. The van der Waals surface area contributed by atoms with Gasteiger partial charge in [0.2, 0.25) is 0 Å². The minimum Gasteiger partial charge on any atom is -0.508 e. The molecule has 2 aromatic carbocycles. The highest BCUT2D eigenvalue weighted by Crippen LogP contribution is 2.19. The number of hydrogen-bond donors (Lipinski definition) is 3. The van der Waals surface area contributed by atoms with Crippen molar-refractivity contribution in [3.63, 3.8) is 0 Å². The normalized spacial score (nSPS) is 17.6. The fraction of sp³-hybridized carbons (Fsp3) is 0.350. The van der Waals surface area contributed by atoms with Crippen molar-refractivity contribution in [2.24, 2.45) is 4.99 Å². The third kappa shape index (κ3) is 4.89. The number of benzene rings is 2. The molecule has 1 fully saturated rings. The van der Waals surface area contributed by atoms with E-state index in [1.54, 1.807) is 12.1 Å². The highest BCUT2D eigenvalue weighted by molar-refractivity contribution is 5.80. The summed E-state index contributed by atoms with van der Waals surface area (Å²) in [4.78, 5) is 7.07. The maximum absolute atomic E-state index is 9.36. The molecule has 0 saturated carbocycles. The number of hydrogen-bond acceptors (Lipinski definition) is 3. The average Bonchev–Trinajstić information content (AvgIpc) is 3.10. The number of aliphatic imine (C=N–C) groups is 1. The topological polar surface area (TPSA) is 59.9 Å². The number of guanidine groups is 1. The van der Waals surface area contributed by atoms with Crippen molar-refractivity contribution in [2.45, 2.75) is 25.9 Å². The molecule has 1 atom stereocenters. The summed E-state index contributed by atoms with van der Waals surface area (Å²) in [7, 11) is 0. The number of rotatable bonds is 5. The smallest absolute Gasteiger partial charge is 0.191 e. The maximum atomic E-state index is 9.36. The number of aromatic hydroxyl groups is 1. The molecule has 0 bridgehead atoms. The van der Waals surface area contributed by atoms with Crippen LogP contribution in [0.3, 0.4) is 0 Å². The maximum Gasteiger partial charge on any atom is 0.191 e. The van der Waals surface area contributed by atoms with Gasteiger partial charge in [-0.2, -0.15) is 0 Å². The molecular formula is C20H26N4O. The van der Waals surface area contributed by atoms with Crippen molar-refractivity contribution in [1.29, 1.82) is 0 Å². The Balaban J connectivity index is 1.58. The zero-order valence-electron chi connectivity index (χ0n) is 14.7. The Hall–Kier alpha value is -2.69. The van der Waals surface area contributed by atoms with E-state index in [0.29, 0.717) is 12.6 Å². The lowest BCUT2D eigenvalue weighted by Gasteiger charge is -2.20. The third-order valence-corrected chi connectivity index (χ3v) is 4.35. The quantitative estimate of drug-likeness (QED) is 0.579. The lowest BCUT2D eigenvalue weighted by Crippen LogP contribution is -2.44. The van der Waals surface area contributed by atoms with Gasteiger partial charge in [0.25, 0.3) is 0 Å². The Labute approximate surface area is 149 Å². The van der Waals surface area contributed by atoms with E-state index < -0.39 is 0 Å². The number of nitrogens with one attached hydrogen (secondary N) is 2. The molecule has 0 radical (unpaired) electrons. The second-order valence-electron chi connectivity index (χ2n) is 6.27. The monoisotopic (exact) mass is 338 g/mol. The van der Waals surface area contributed by atoms with Crippen molar-refractivity contribution >= 4 is 11.6 Å². The molecule has 0 spiro atoms. The first-order valence-corrected chi connectivity index (χ1v) is 8.87. The van der Waals surface area contributed by atoms with Gasteiger partial charge in [0.05, 0.1) is 6.54 Å². The molecule has 1 saturated heterocycles. The molecule has 0 aliphatic carbocycles. The van der Waals surface area contributed by atoms with Crippen molar-refractivity contribution < 1.29 is 5.11 Å². The van der Waals surface area contributed by atoms with Gasteiger partial charge in [-0.3, -0.25) is 0 Å². The van der Waals surface area contributed by atoms with Crippen LogP contribution in [0.15, 0.2) is 59.6 Å². The molecule has 1 unspecified atom stereocenters. The van der Waals surface area contributed by atoms with E-state index in [9.17, 15) is 5.11 Å². The molecule has 0 amide bonds. The van der Waals surface area contributed by atoms with Crippen LogP contribution < -0.4 is 15.5 Å². The third-order valence-electron chi connectivity index (χ3n) is 4.35. The van der Waals surface area contributed by atoms with E-state index in [4.69, 9.17) is 0 Å². The Morgan fingerprint density at radius 1 is 1.16 bits per heavy atom. The van der Waals surface area contributed by atoms with Gasteiger partial charge >= 0.3 is 0 Å². The Morgan fingerprint density at radius 2 is 1.92 bits per heavy atom. The fourth-order valence-corrected chi connectivity index (χ4v) is 3.04. The Morgan fingerprint density at radius 3 is 2.64 bits per heavy atom. The SMILES string of the molecule is CCNC(=NCc1ccc(O)cc1)NC1CCN(c2ccccc2)C1. The first-order chi connectivity index (χ1) is 12.2. The van der Waals surface area contributed by atoms with Crippen LogP contribution in [-0.4, -0.2) is 36.7 Å². The molecule has 0 aromatic heterocycles. The summed E-state index contributed by atoms with van der Waals surface area (Å²) in [6.07, 6.45) is 1.10. The molecular weight excluding hydrogens is 312 g/mol. The van der Waals surface area contributed by atoms with Gasteiger partial charge in [0, 0.05) is 31.4 Å². The van der Waals surface area contributed by atoms with Crippen LogP contribution >= 0.6 is 0 Å². The molecule has 1 aliphatic heterocycles. The van der Waals surface area contributed by atoms with Crippen LogP contribution in [0.5, 0.6) is 5.75 Å². The van der Waals surface area contributed by atoms with Crippen LogP contribution in [0.25, 0.3) is 0 Å². The summed E-state index contributed by atoms with van der Waals surface area (Å²) < 4.78 is 0. The second-order valence-corrected chi connectivity index (χ2v) is 6.27. The Bertz CT molecular complexity index is 685. The van der Waals surface area contributed by atoms with E-state index in [1.165, 1.54) is 5.69 Å². The second kappa shape index (κ2) is 8.42. The molecule has 1 aliphatic rings. The molecule has 5 nitrogen and oxygen atoms in total. The predicted octanol–water partition coefficient (Wildman–Crippen LogP) is 2.73. The number of phenolic OH excluding ortho intramolecular Hbond substituents is 1. The zero-order chi connectivity index (χ0) is 17.5. The van der Waals surface area contributed by atoms with E-state index in [2.05, 4.69) is 57.8 Å². The van der Waals surface area contributed by atoms with E-state index >= 15 is 0 Å². The summed E-state index contributed by atoms with van der Waals surface area (Å²) in [5, 5.41) is 16.2. The van der Waals surface area contributed by atoms with E-state index in [0.717, 1.165) is 37.6 Å². The lowest BCUT2D eigenvalue weighted by molar-refractivity contribution is 0.475. The van der Waals surface area contributed by atoms with Crippen LogP contribution in [0.4, 0.5) is 5.69 Å². The lowest BCUT2D eigenvalue weighted by atomic mass is 10.2. The summed E-state index contributed by atoms with van der Waals surface area (Å²) in [6.45, 7) is 5.52. The summed E-state index contributed by atoms with van der Waals surface area (Å²) in [6, 6.07) is 18.1. The predicted molar refractivity (Wildman–Crippen MR) is 103 cm³/mol. The van der Waals surface area contributed by atoms with Gasteiger partial charge in [0.1, 0.15) is 5.75 Å². The highest BCUT2D eigenvalue weighted by Gasteiger charge is 2.23. The summed E-state index contributed by atoms with van der Waals surface area (Å²) >= 11 is 0. The van der Waals surface area contributed by atoms with Gasteiger partial charge in [-0.15, -0.1) is 0 Å². The summed E-state index contributed by atoms with van der Waals surface area (Å²) in [5.74, 6) is 1.13. The molecule has 5 heteroatoms. The van der Waals surface area contributed by atoms with Gasteiger partial charge in [0.15, 0.2) is 5.96 Å². The molecule has 132 valence electrons. The number of anilines is 1. The molecule has 25 heavy (non-hydrogen) atoms. The van der Waals surface area contributed by atoms with Crippen molar-refractivity contribution in [3.8, 4) is 5.75 Å². The van der Waals surface area contributed by atoms with E-state index in [-0.39, 0.29) is 5.75 Å². The molecule has 3 rings (SSSR count). The standard InChI is InChI=1S/C20H26N4O/c1-2-21-20(22-14-16-8-10-19(25)11-9-16)23-17-12-13-24(15-17)18-6-4-3-5-7-18/h3-11,17,25H,2,12-15H2,1H3,(H2,21,22,23). The average molecular weight is 338 g/mol. The fourth-order valence-electron chi connectivity index (χ4n) is 3.04. The summed E-state index contributed by atoms with van der Waals surface area (Å²) in [5.41, 5.74) is 2.35. The van der Waals surface area contributed by atoms with Crippen molar-refractivity contribution in [3.05, 3.63) is 60.2 Å². The minimum atomic E-state index is 0.282. The minimum absolute atomic E-state index is 0.282. The van der Waals surface area contributed by atoms with Crippen LogP contribution in [-0.2, 0) is 6.54 Å². The molecule has 1 heterocycles. The Kier molecular flexibility index (Phi) is 5.77. The number of nitrogens with zero attached hydrogens (tertiary/aromatic N) is 2. The van der Waals surface area contributed by atoms with Crippen molar-refractivity contribution in [2.75, 3.05) is 24.5 Å². The van der Waals surface area contributed by atoms with Crippen LogP contribution in [0.1, 0.15) is 18.9 Å². The van der Waals surface area contributed by atoms with Crippen molar-refractivity contribution in [1.82, 2.24) is 10.6 Å².